The molecule has 0 unspecified atom stereocenters. The minimum absolute atomic E-state index is 0.0796. The topological polar surface area (TPSA) is 59.9 Å². The number of unbranched alkanes of at least 4 members (excludes halogenated alkanes) is 1. The Bertz CT molecular complexity index is 696. The molecule has 2 rings (SSSR count). The van der Waals surface area contributed by atoms with Crippen LogP contribution < -0.4 is 14.9 Å². The van der Waals surface area contributed by atoms with E-state index in [1.54, 1.807) is 13.3 Å². The van der Waals surface area contributed by atoms with Crippen LogP contribution in [0.2, 0.25) is 0 Å². The molecule has 0 radical (unpaired) electrons. The van der Waals surface area contributed by atoms with Gasteiger partial charge in [0.2, 0.25) is 0 Å². The molecule has 1 amide bonds. The van der Waals surface area contributed by atoms with Crippen LogP contribution in [-0.2, 0) is 11.2 Å². The number of carbonyl (C=O) groups excluding carboxylic acids is 1. The van der Waals surface area contributed by atoms with E-state index in [9.17, 15) is 4.79 Å². The van der Waals surface area contributed by atoms with E-state index in [2.05, 4.69) is 17.5 Å². The molecule has 0 saturated carbocycles. The van der Waals surface area contributed by atoms with Crippen LogP contribution in [0.3, 0.4) is 0 Å². The Labute approximate surface area is 148 Å². The monoisotopic (exact) mass is 340 g/mol. The van der Waals surface area contributed by atoms with Gasteiger partial charge >= 0.3 is 0 Å². The number of nitrogens with zero attached hydrogens (tertiary/aromatic N) is 1. The first-order valence-corrected chi connectivity index (χ1v) is 8.39. The zero-order chi connectivity index (χ0) is 17.9. The number of aryl methyl sites for hydroxylation is 1. The lowest BCUT2D eigenvalue weighted by Gasteiger charge is -2.06. The van der Waals surface area contributed by atoms with E-state index >= 15 is 0 Å². The van der Waals surface area contributed by atoms with Crippen molar-refractivity contribution in [1.29, 1.82) is 0 Å². The highest BCUT2D eigenvalue weighted by Gasteiger charge is 2.02. The van der Waals surface area contributed by atoms with Gasteiger partial charge < -0.3 is 9.47 Å². The van der Waals surface area contributed by atoms with Crippen LogP contribution in [0, 0.1) is 0 Å². The smallest absolute Gasteiger partial charge is 0.277 e. The average molecular weight is 340 g/mol. The number of nitrogens with one attached hydrogen (secondary N) is 1. The summed E-state index contributed by atoms with van der Waals surface area (Å²) in [4.78, 5) is 11.8. The van der Waals surface area contributed by atoms with Crippen molar-refractivity contribution in [2.24, 2.45) is 5.10 Å². The molecule has 0 fully saturated rings. The van der Waals surface area contributed by atoms with E-state index < -0.39 is 0 Å². The number of rotatable bonds is 9. The van der Waals surface area contributed by atoms with Crippen LogP contribution in [-0.4, -0.2) is 25.8 Å². The Morgan fingerprint density at radius 3 is 2.68 bits per heavy atom. The third-order valence-electron chi connectivity index (χ3n) is 3.61. The largest absolute Gasteiger partial charge is 0.497 e. The zero-order valence-corrected chi connectivity index (χ0v) is 14.7. The fraction of sp³-hybridized carbons (Fsp3) is 0.300. The molecule has 0 aliphatic carbocycles. The molecule has 2 aromatic carbocycles. The first kappa shape index (κ1) is 18.5. The Balaban J connectivity index is 1.75. The number of methoxy groups -OCH3 is 1. The maximum Gasteiger partial charge on any atom is 0.277 e. The summed E-state index contributed by atoms with van der Waals surface area (Å²) in [6.45, 7) is 2.09. The highest BCUT2D eigenvalue weighted by atomic mass is 16.5. The Hall–Kier alpha value is -2.82. The van der Waals surface area contributed by atoms with Crippen LogP contribution in [0.15, 0.2) is 53.6 Å². The predicted octanol–water partition coefficient (Wildman–Crippen LogP) is 3.57. The molecule has 0 aliphatic heterocycles. The molecule has 132 valence electrons. The third-order valence-corrected chi connectivity index (χ3v) is 3.61. The van der Waals surface area contributed by atoms with Crippen LogP contribution in [0.1, 0.15) is 30.9 Å². The number of hydrazone groups is 1. The second-order valence-electron chi connectivity index (χ2n) is 5.61. The van der Waals surface area contributed by atoms with Crippen molar-refractivity contribution < 1.29 is 14.3 Å². The standard InChI is InChI=1S/C20H24N2O3/c1-3-4-6-16-9-11-18(12-10-16)25-15-20(23)22-21-14-17-7-5-8-19(13-17)24-2/h5,7-14H,3-4,6,15H2,1-2H3,(H,22,23)/b21-14+. The molecule has 0 bridgehead atoms. The molecule has 2 aromatic rings. The molecule has 5 heteroatoms. The van der Waals surface area contributed by atoms with Crippen LogP contribution >= 0.6 is 0 Å². The molecule has 0 heterocycles. The first-order chi connectivity index (χ1) is 12.2. The minimum atomic E-state index is -0.311. The van der Waals surface area contributed by atoms with Crippen molar-refractivity contribution in [2.45, 2.75) is 26.2 Å². The maximum atomic E-state index is 11.8. The van der Waals surface area contributed by atoms with Crippen molar-refractivity contribution in [2.75, 3.05) is 13.7 Å². The van der Waals surface area contributed by atoms with Gasteiger partial charge in [0.15, 0.2) is 6.61 Å². The summed E-state index contributed by atoms with van der Waals surface area (Å²) in [5, 5.41) is 3.92. The van der Waals surface area contributed by atoms with Gasteiger partial charge in [0, 0.05) is 0 Å². The van der Waals surface area contributed by atoms with Crippen LogP contribution in [0.25, 0.3) is 0 Å². The van der Waals surface area contributed by atoms with E-state index in [1.165, 1.54) is 18.4 Å². The van der Waals surface area contributed by atoms with E-state index in [-0.39, 0.29) is 12.5 Å². The highest BCUT2D eigenvalue weighted by molar-refractivity contribution is 5.83. The van der Waals surface area contributed by atoms with E-state index in [0.717, 1.165) is 17.7 Å². The lowest BCUT2D eigenvalue weighted by atomic mass is 10.1. The summed E-state index contributed by atoms with van der Waals surface area (Å²) in [5.74, 6) is 1.10. The first-order valence-electron chi connectivity index (χ1n) is 8.39. The van der Waals surface area contributed by atoms with Crippen molar-refractivity contribution in [3.8, 4) is 11.5 Å². The quantitative estimate of drug-likeness (QED) is 0.561. The second kappa shape index (κ2) is 10.1. The molecule has 25 heavy (non-hydrogen) atoms. The SMILES string of the molecule is CCCCc1ccc(OCC(=O)N/N=C/c2cccc(OC)c2)cc1. The molecule has 0 atom stereocenters. The fourth-order valence-corrected chi connectivity index (χ4v) is 2.22. The van der Waals surface area contributed by atoms with Gasteiger partial charge in [0.1, 0.15) is 11.5 Å². The summed E-state index contributed by atoms with van der Waals surface area (Å²) in [6.07, 6.45) is 4.97. The lowest BCUT2D eigenvalue weighted by Crippen LogP contribution is -2.24. The lowest BCUT2D eigenvalue weighted by molar-refractivity contribution is -0.123. The summed E-state index contributed by atoms with van der Waals surface area (Å²) >= 11 is 0. The van der Waals surface area contributed by atoms with Crippen molar-refractivity contribution in [3.05, 3.63) is 59.7 Å². The van der Waals surface area contributed by atoms with Crippen molar-refractivity contribution >= 4 is 12.1 Å². The molecule has 0 aromatic heterocycles. The number of ether oxygens (including phenoxy) is 2. The predicted molar refractivity (Wildman–Crippen MR) is 99.3 cm³/mol. The van der Waals surface area contributed by atoms with Crippen molar-refractivity contribution in [1.82, 2.24) is 5.43 Å². The molecular formula is C20H24N2O3. The fourth-order valence-electron chi connectivity index (χ4n) is 2.22. The van der Waals surface area contributed by atoms with Gasteiger partial charge in [-0.2, -0.15) is 5.10 Å². The zero-order valence-electron chi connectivity index (χ0n) is 14.7. The van der Waals surface area contributed by atoms with Gasteiger partial charge in [-0.3, -0.25) is 4.79 Å². The number of hydrogen-bond acceptors (Lipinski definition) is 4. The molecule has 0 spiro atoms. The van der Waals surface area contributed by atoms with E-state index in [4.69, 9.17) is 9.47 Å². The second-order valence-corrected chi connectivity index (χ2v) is 5.61. The van der Waals surface area contributed by atoms with Gasteiger partial charge in [0.25, 0.3) is 5.91 Å². The molecule has 1 N–H and O–H groups in total. The van der Waals surface area contributed by atoms with Gasteiger partial charge in [-0.05, 0) is 48.2 Å². The van der Waals surface area contributed by atoms with Gasteiger partial charge in [-0.15, -0.1) is 0 Å². The van der Waals surface area contributed by atoms with Crippen molar-refractivity contribution in [3.63, 3.8) is 0 Å². The molecule has 0 aliphatic rings. The average Bonchev–Trinajstić information content (AvgIpc) is 2.65. The molecular weight excluding hydrogens is 316 g/mol. The van der Waals surface area contributed by atoms with Gasteiger partial charge in [0.05, 0.1) is 13.3 Å². The van der Waals surface area contributed by atoms with Crippen LogP contribution in [0.5, 0.6) is 11.5 Å². The van der Waals surface area contributed by atoms with E-state index in [1.807, 2.05) is 48.5 Å². The normalized spacial score (nSPS) is 10.6. The Morgan fingerprint density at radius 2 is 1.96 bits per heavy atom. The number of amides is 1. The Kier molecular flexibility index (Phi) is 7.50. The summed E-state index contributed by atoms with van der Waals surface area (Å²) < 4.78 is 10.6. The minimum Gasteiger partial charge on any atom is -0.497 e. The number of benzene rings is 2. The molecule has 5 nitrogen and oxygen atoms in total. The highest BCUT2D eigenvalue weighted by Crippen LogP contribution is 2.14. The Morgan fingerprint density at radius 1 is 1.16 bits per heavy atom. The molecule has 0 saturated heterocycles. The maximum absolute atomic E-state index is 11.8. The third kappa shape index (κ3) is 6.67. The summed E-state index contributed by atoms with van der Waals surface area (Å²) in [6, 6.07) is 15.2. The van der Waals surface area contributed by atoms with Gasteiger partial charge in [-0.25, -0.2) is 5.43 Å². The van der Waals surface area contributed by atoms with Gasteiger partial charge in [-0.1, -0.05) is 37.6 Å². The van der Waals surface area contributed by atoms with Crippen LogP contribution in [0.4, 0.5) is 0 Å². The van der Waals surface area contributed by atoms with E-state index in [0.29, 0.717) is 5.75 Å². The summed E-state index contributed by atoms with van der Waals surface area (Å²) in [7, 11) is 1.60. The summed E-state index contributed by atoms with van der Waals surface area (Å²) in [5.41, 5.74) is 4.56. The number of carbonyl (C=O) groups is 1. The number of hydrogen-bond donors (Lipinski definition) is 1.